The first kappa shape index (κ1) is 13.4. The molecule has 20 heavy (non-hydrogen) atoms. The number of hydrogen-bond donors (Lipinski definition) is 1. The lowest BCUT2D eigenvalue weighted by atomic mass is 10.1. The van der Waals surface area contributed by atoms with Gasteiger partial charge in [0.05, 0.1) is 0 Å². The molecule has 2 amide bonds. The molecule has 2 aliphatic heterocycles. The maximum absolute atomic E-state index is 12.5. The molecule has 0 spiro atoms. The predicted molar refractivity (Wildman–Crippen MR) is 79.2 cm³/mol. The number of fused-ring (bicyclic) bond motifs is 1. The Hall–Kier alpha value is -1.56. The fourth-order valence-electron chi connectivity index (χ4n) is 2.89. The van der Waals surface area contributed by atoms with E-state index in [0.29, 0.717) is 37.3 Å². The quantitative estimate of drug-likeness (QED) is 0.789. The van der Waals surface area contributed by atoms with Crippen molar-refractivity contribution < 1.29 is 9.59 Å². The summed E-state index contributed by atoms with van der Waals surface area (Å²) in [6.45, 7) is 1.88. The molecular formula is C14H16BrN3O2. The molecule has 0 bridgehead atoms. The van der Waals surface area contributed by atoms with Gasteiger partial charge in [0.25, 0.3) is 5.91 Å². The first-order valence-electron chi connectivity index (χ1n) is 6.70. The zero-order valence-electron chi connectivity index (χ0n) is 11.0. The molecule has 1 unspecified atom stereocenters. The van der Waals surface area contributed by atoms with Gasteiger partial charge in [0.2, 0.25) is 5.91 Å². The van der Waals surface area contributed by atoms with Gasteiger partial charge in [0.15, 0.2) is 0 Å². The third-order valence-corrected chi connectivity index (χ3v) is 4.72. The minimum Gasteiger partial charge on any atom is -0.398 e. The number of halogens is 1. The Morgan fingerprint density at radius 3 is 2.90 bits per heavy atom. The molecule has 0 saturated carbocycles. The molecule has 2 fully saturated rings. The van der Waals surface area contributed by atoms with Crippen molar-refractivity contribution in [2.45, 2.75) is 18.9 Å². The fourth-order valence-corrected chi connectivity index (χ4v) is 3.27. The van der Waals surface area contributed by atoms with E-state index in [1.165, 1.54) is 0 Å². The summed E-state index contributed by atoms with van der Waals surface area (Å²) in [7, 11) is 0. The number of carbonyl (C=O) groups excluding carboxylic acids is 2. The van der Waals surface area contributed by atoms with Crippen molar-refractivity contribution in [3.05, 3.63) is 28.2 Å². The van der Waals surface area contributed by atoms with Crippen LogP contribution in [0.5, 0.6) is 0 Å². The van der Waals surface area contributed by atoms with Crippen LogP contribution in [0.25, 0.3) is 0 Å². The number of rotatable bonds is 1. The minimum absolute atomic E-state index is 0.00435. The Balaban J connectivity index is 1.75. The van der Waals surface area contributed by atoms with E-state index in [2.05, 4.69) is 15.9 Å². The summed E-state index contributed by atoms with van der Waals surface area (Å²) in [5.41, 5.74) is 6.98. The van der Waals surface area contributed by atoms with Gasteiger partial charge >= 0.3 is 0 Å². The second kappa shape index (κ2) is 5.09. The van der Waals surface area contributed by atoms with Gasteiger partial charge in [-0.05, 0) is 40.5 Å². The Morgan fingerprint density at radius 1 is 1.35 bits per heavy atom. The lowest BCUT2D eigenvalue weighted by Gasteiger charge is -2.37. The summed E-state index contributed by atoms with van der Waals surface area (Å²) in [5.74, 6) is 0.224. The van der Waals surface area contributed by atoms with Crippen molar-refractivity contribution in [3.8, 4) is 0 Å². The zero-order valence-corrected chi connectivity index (χ0v) is 12.6. The van der Waals surface area contributed by atoms with Gasteiger partial charge in [-0.25, -0.2) is 0 Å². The maximum atomic E-state index is 12.5. The highest BCUT2D eigenvalue weighted by Gasteiger charge is 2.37. The van der Waals surface area contributed by atoms with E-state index < -0.39 is 0 Å². The van der Waals surface area contributed by atoms with E-state index in [4.69, 9.17) is 5.73 Å². The van der Waals surface area contributed by atoms with Crippen molar-refractivity contribution in [2.24, 2.45) is 0 Å². The molecule has 2 saturated heterocycles. The summed E-state index contributed by atoms with van der Waals surface area (Å²) >= 11 is 3.34. The van der Waals surface area contributed by atoms with Gasteiger partial charge in [0, 0.05) is 47.8 Å². The number of amides is 2. The number of nitrogen functional groups attached to an aromatic ring is 1. The maximum Gasteiger partial charge on any atom is 0.254 e. The Labute approximate surface area is 125 Å². The highest BCUT2D eigenvalue weighted by atomic mass is 79.9. The van der Waals surface area contributed by atoms with E-state index in [1.54, 1.807) is 18.2 Å². The highest BCUT2D eigenvalue weighted by molar-refractivity contribution is 9.10. The Morgan fingerprint density at radius 2 is 2.15 bits per heavy atom. The average Bonchev–Trinajstić information content (AvgIpc) is 2.82. The molecule has 6 heteroatoms. The summed E-state index contributed by atoms with van der Waals surface area (Å²) in [5, 5.41) is 0. The predicted octanol–water partition coefficient (Wildman–Crippen LogP) is 1.48. The molecule has 5 nitrogen and oxygen atoms in total. The van der Waals surface area contributed by atoms with Crippen LogP contribution >= 0.6 is 15.9 Å². The lowest BCUT2D eigenvalue weighted by molar-refractivity contribution is -0.130. The SMILES string of the molecule is Nc1ccc(C(=O)N2CCN3C(=O)CCC3C2)cc1Br. The number of hydrogen-bond acceptors (Lipinski definition) is 3. The van der Waals surface area contributed by atoms with Crippen LogP contribution in [0, 0.1) is 0 Å². The standard InChI is InChI=1S/C14H16BrN3O2/c15-11-7-9(1-3-12(11)16)14(20)17-5-6-18-10(8-17)2-4-13(18)19/h1,3,7,10H,2,4-6,8,16H2. The topological polar surface area (TPSA) is 66.6 Å². The van der Waals surface area contributed by atoms with Crippen molar-refractivity contribution in [1.29, 1.82) is 0 Å². The van der Waals surface area contributed by atoms with Crippen LogP contribution in [-0.2, 0) is 4.79 Å². The zero-order chi connectivity index (χ0) is 14.3. The number of carbonyl (C=O) groups is 2. The normalized spacial score (nSPS) is 22.1. The van der Waals surface area contributed by atoms with E-state index >= 15 is 0 Å². The molecular weight excluding hydrogens is 322 g/mol. The Kier molecular flexibility index (Phi) is 3.41. The molecule has 2 aliphatic rings. The molecule has 3 rings (SSSR count). The molecule has 2 heterocycles. The van der Waals surface area contributed by atoms with Gasteiger partial charge in [0.1, 0.15) is 0 Å². The first-order valence-corrected chi connectivity index (χ1v) is 7.49. The van der Waals surface area contributed by atoms with Crippen molar-refractivity contribution in [2.75, 3.05) is 25.4 Å². The van der Waals surface area contributed by atoms with Crippen molar-refractivity contribution in [1.82, 2.24) is 9.80 Å². The number of anilines is 1. The van der Waals surface area contributed by atoms with E-state index in [-0.39, 0.29) is 17.9 Å². The van der Waals surface area contributed by atoms with Crippen LogP contribution < -0.4 is 5.73 Å². The molecule has 1 atom stereocenters. The van der Waals surface area contributed by atoms with Gasteiger partial charge < -0.3 is 15.5 Å². The van der Waals surface area contributed by atoms with Crippen molar-refractivity contribution >= 4 is 33.4 Å². The molecule has 106 valence electrons. The monoisotopic (exact) mass is 337 g/mol. The smallest absolute Gasteiger partial charge is 0.254 e. The number of nitrogens with zero attached hydrogens (tertiary/aromatic N) is 2. The largest absolute Gasteiger partial charge is 0.398 e. The van der Waals surface area contributed by atoms with Gasteiger partial charge in [-0.3, -0.25) is 9.59 Å². The number of benzene rings is 1. The average molecular weight is 338 g/mol. The molecule has 2 N–H and O–H groups in total. The number of piperazine rings is 1. The lowest BCUT2D eigenvalue weighted by Crippen LogP contribution is -2.53. The van der Waals surface area contributed by atoms with Gasteiger partial charge in [-0.15, -0.1) is 0 Å². The first-order chi connectivity index (χ1) is 9.56. The minimum atomic E-state index is 0.00435. The molecule has 1 aromatic rings. The van der Waals surface area contributed by atoms with Crippen molar-refractivity contribution in [3.63, 3.8) is 0 Å². The van der Waals surface area contributed by atoms with E-state index in [9.17, 15) is 9.59 Å². The molecule has 1 aromatic carbocycles. The summed E-state index contributed by atoms with van der Waals surface area (Å²) in [6, 6.07) is 5.42. The van der Waals surface area contributed by atoms with Crippen LogP contribution in [-0.4, -0.2) is 47.3 Å². The Bertz CT molecular complexity index is 576. The molecule has 0 aliphatic carbocycles. The van der Waals surface area contributed by atoms with Crippen LogP contribution in [0.4, 0.5) is 5.69 Å². The van der Waals surface area contributed by atoms with Crippen LogP contribution in [0.15, 0.2) is 22.7 Å². The summed E-state index contributed by atoms with van der Waals surface area (Å²) < 4.78 is 0.734. The van der Waals surface area contributed by atoms with Gasteiger partial charge in [-0.2, -0.15) is 0 Å². The van der Waals surface area contributed by atoms with Crippen LogP contribution in [0.3, 0.4) is 0 Å². The van der Waals surface area contributed by atoms with Crippen LogP contribution in [0.1, 0.15) is 23.2 Å². The fraction of sp³-hybridized carbons (Fsp3) is 0.429. The molecule has 0 aromatic heterocycles. The van der Waals surface area contributed by atoms with E-state index in [1.807, 2.05) is 9.80 Å². The molecule has 0 radical (unpaired) electrons. The highest BCUT2D eigenvalue weighted by Crippen LogP contribution is 2.25. The van der Waals surface area contributed by atoms with Gasteiger partial charge in [-0.1, -0.05) is 0 Å². The number of nitrogens with two attached hydrogens (primary N) is 1. The third-order valence-electron chi connectivity index (χ3n) is 4.03. The second-order valence-electron chi connectivity index (χ2n) is 5.27. The third kappa shape index (κ3) is 2.28. The second-order valence-corrected chi connectivity index (χ2v) is 6.12. The van der Waals surface area contributed by atoms with Crippen LogP contribution in [0.2, 0.25) is 0 Å². The summed E-state index contributed by atoms with van der Waals surface area (Å²) in [6.07, 6.45) is 1.47. The van der Waals surface area contributed by atoms with E-state index in [0.717, 1.165) is 10.9 Å². The summed E-state index contributed by atoms with van der Waals surface area (Å²) in [4.78, 5) is 27.9.